The molecule has 0 fully saturated rings. The third-order valence-corrected chi connectivity index (χ3v) is 3.86. The standard InChI is InChI=1S/C19H21FN2O2/c1-19(2,15-10-6-7-11-16(15)20)18(24)22-13-17(23)21-12-14-8-4-3-5-9-14/h3-11H,12-13H2,1-2H3,(H,21,23)(H,22,24). The van der Waals surface area contributed by atoms with Crippen molar-refractivity contribution in [2.75, 3.05) is 6.54 Å². The van der Waals surface area contributed by atoms with Crippen molar-refractivity contribution in [3.8, 4) is 0 Å². The average molecular weight is 328 g/mol. The van der Waals surface area contributed by atoms with Gasteiger partial charge in [-0.3, -0.25) is 9.59 Å². The highest BCUT2D eigenvalue weighted by atomic mass is 19.1. The summed E-state index contributed by atoms with van der Waals surface area (Å²) in [5.41, 5.74) is 0.210. The average Bonchev–Trinajstić information content (AvgIpc) is 2.59. The van der Waals surface area contributed by atoms with E-state index in [1.165, 1.54) is 6.07 Å². The van der Waals surface area contributed by atoms with E-state index < -0.39 is 17.1 Å². The highest BCUT2D eigenvalue weighted by molar-refractivity contribution is 5.90. The van der Waals surface area contributed by atoms with Crippen LogP contribution in [0.4, 0.5) is 4.39 Å². The summed E-state index contributed by atoms with van der Waals surface area (Å²) in [6.45, 7) is 3.50. The van der Waals surface area contributed by atoms with Crippen molar-refractivity contribution >= 4 is 11.8 Å². The van der Waals surface area contributed by atoms with E-state index in [4.69, 9.17) is 0 Å². The maximum atomic E-state index is 13.9. The number of carbonyl (C=O) groups excluding carboxylic acids is 2. The summed E-state index contributed by atoms with van der Waals surface area (Å²) >= 11 is 0. The second kappa shape index (κ2) is 7.73. The summed E-state index contributed by atoms with van der Waals surface area (Å²) in [6, 6.07) is 15.6. The van der Waals surface area contributed by atoms with Crippen LogP contribution in [-0.2, 0) is 21.5 Å². The Morgan fingerprint density at radius 1 is 0.958 bits per heavy atom. The minimum absolute atomic E-state index is 0.149. The minimum Gasteiger partial charge on any atom is -0.350 e. The van der Waals surface area contributed by atoms with Gasteiger partial charge in [0.1, 0.15) is 5.82 Å². The van der Waals surface area contributed by atoms with Gasteiger partial charge in [-0.15, -0.1) is 0 Å². The van der Waals surface area contributed by atoms with E-state index in [1.807, 2.05) is 30.3 Å². The Morgan fingerprint density at radius 3 is 2.25 bits per heavy atom. The molecule has 2 rings (SSSR count). The molecule has 0 unspecified atom stereocenters. The molecule has 0 atom stereocenters. The molecule has 0 radical (unpaired) electrons. The SMILES string of the molecule is CC(C)(C(=O)NCC(=O)NCc1ccccc1)c1ccccc1F. The van der Waals surface area contributed by atoms with Gasteiger partial charge in [-0.2, -0.15) is 0 Å². The van der Waals surface area contributed by atoms with Crippen LogP contribution in [0.15, 0.2) is 54.6 Å². The van der Waals surface area contributed by atoms with Crippen LogP contribution in [0.1, 0.15) is 25.0 Å². The van der Waals surface area contributed by atoms with Gasteiger partial charge in [0, 0.05) is 12.1 Å². The Balaban J connectivity index is 1.88. The van der Waals surface area contributed by atoms with E-state index in [1.54, 1.807) is 32.0 Å². The molecule has 2 aromatic rings. The quantitative estimate of drug-likeness (QED) is 0.856. The van der Waals surface area contributed by atoms with Crippen molar-refractivity contribution in [1.82, 2.24) is 10.6 Å². The lowest BCUT2D eigenvalue weighted by Crippen LogP contribution is -2.45. The van der Waals surface area contributed by atoms with Crippen LogP contribution in [0, 0.1) is 5.82 Å². The Morgan fingerprint density at radius 2 is 1.58 bits per heavy atom. The first kappa shape index (κ1) is 17.7. The second-order valence-corrected chi connectivity index (χ2v) is 6.05. The van der Waals surface area contributed by atoms with Crippen LogP contribution in [0.5, 0.6) is 0 Å². The molecule has 4 nitrogen and oxygen atoms in total. The Hall–Kier alpha value is -2.69. The molecule has 126 valence electrons. The summed E-state index contributed by atoms with van der Waals surface area (Å²) in [7, 11) is 0. The molecule has 0 saturated heterocycles. The van der Waals surface area contributed by atoms with Gasteiger partial charge in [0.05, 0.1) is 12.0 Å². The van der Waals surface area contributed by atoms with Crippen molar-refractivity contribution < 1.29 is 14.0 Å². The molecule has 0 saturated carbocycles. The first-order valence-electron chi connectivity index (χ1n) is 7.75. The summed E-state index contributed by atoms with van der Waals surface area (Å²) in [4.78, 5) is 24.2. The third-order valence-electron chi connectivity index (χ3n) is 3.86. The first-order chi connectivity index (χ1) is 11.4. The highest BCUT2D eigenvalue weighted by Crippen LogP contribution is 2.25. The van der Waals surface area contributed by atoms with Crippen LogP contribution in [0.3, 0.4) is 0 Å². The van der Waals surface area contributed by atoms with Crippen molar-refractivity contribution in [2.45, 2.75) is 25.8 Å². The number of amides is 2. The normalized spacial score (nSPS) is 11.0. The van der Waals surface area contributed by atoms with Gasteiger partial charge >= 0.3 is 0 Å². The van der Waals surface area contributed by atoms with Gasteiger partial charge in [0.25, 0.3) is 0 Å². The summed E-state index contributed by atoms with van der Waals surface area (Å²) in [5.74, 6) is -1.13. The van der Waals surface area contributed by atoms with Crippen molar-refractivity contribution in [3.05, 3.63) is 71.5 Å². The van der Waals surface area contributed by atoms with Crippen LogP contribution in [0.25, 0.3) is 0 Å². The Kier molecular flexibility index (Phi) is 5.68. The lowest BCUT2D eigenvalue weighted by molar-refractivity contribution is -0.129. The monoisotopic (exact) mass is 328 g/mol. The number of rotatable bonds is 6. The van der Waals surface area contributed by atoms with Crippen LogP contribution in [-0.4, -0.2) is 18.4 Å². The van der Waals surface area contributed by atoms with Crippen LogP contribution in [0.2, 0.25) is 0 Å². The maximum absolute atomic E-state index is 13.9. The minimum atomic E-state index is -1.06. The van der Waals surface area contributed by atoms with Gasteiger partial charge in [-0.05, 0) is 25.5 Å². The predicted octanol–water partition coefficient (Wildman–Crippen LogP) is 2.54. The molecule has 24 heavy (non-hydrogen) atoms. The van der Waals surface area contributed by atoms with E-state index in [9.17, 15) is 14.0 Å². The highest BCUT2D eigenvalue weighted by Gasteiger charge is 2.32. The molecule has 0 spiro atoms. The lowest BCUT2D eigenvalue weighted by Gasteiger charge is -2.24. The zero-order valence-electron chi connectivity index (χ0n) is 13.8. The number of carbonyl (C=O) groups is 2. The van der Waals surface area contributed by atoms with Crippen molar-refractivity contribution in [1.29, 1.82) is 0 Å². The lowest BCUT2D eigenvalue weighted by atomic mass is 9.83. The fourth-order valence-electron chi connectivity index (χ4n) is 2.33. The van der Waals surface area contributed by atoms with Gasteiger partial charge in [0.15, 0.2) is 0 Å². The topological polar surface area (TPSA) is 58.2 Å². The molecular weight excluding hydrogens is 307 g/mol. The van der Waals surface area contributed by atoms with Crippen LogP contribution < -0.4 is 10.6 Å². The molecule has 2 amide bonds. The molecule has 0 aromatic heterocycles. The second-order valence-electron chi connectivity index (χ2n) is 6.05. The molecule has 0 bridgehead atoms. The van der Waals surface area contributed by atoms with Gasteiger partial charge in [-0.1, -0.05) is 48.5 Å². The Bertz CT molecular complexity index is 714. The molecule has 2 aromatic carbocycles. The molecule has 2 N–H and O–H groups in total. The predicted molar refractivity (Wildman–Crippen MR) is 90.7 cm³/mol. The summed E-state index contributed by atoms with van der Waals surface area (Å²) in [5, 5.41) is 5.30. The Labute approximate surface area is 141 Å². The number of halogens is 1. The number of hydrogen-bond acceptors (Lipinski definition) is 2. The van der Waals surface area contributed by atoms with Crippen LogP contribution >= 0.6 is 0 Å². The molecule has 0 aliphatic heterocycles. The zero-order valence-corrected chi connectivity index (χ0v) is 13.8. The van der Waals surface area contributed by atoms with E-state index in [-0.39, 0.29) is 12.5 Å². The fraction of sp³-hybridized carbons (Fsp3) is 0.263. The van der Waals surface area contributed by atoms with E-state index in [0.29, 0.717) is 12.1 Å². The van der Waals surface area contributed by atoms with E-state index in [2.05, 4.69) is 10.6 Å². The van der Waals surface area contributed by atoms with Gasteiger partial charge in [0.2, 0.25) is 11.8 Å². The van der Waals surface area contributed by atoms with E-state index in [0.717, 1.165) is 5.56 Å². The number of benzene rings is 2. The van der Waals surface area contributed by atoms with Gasteiger partial charge in [-0.25, -0.2) is 4.39 Å². The third kappa shape index (κ3) is 4.41. The largest absolute Gasteiger partial charge is 0.350 e. The van der Waals surface area contributed by atoms with E-state index >= 15 is 0 Å². The van der Waals surface area contributed by atoms with Gasteiger partial charge < -0.3 is 10.6 Å². The number of hydrogen-bond donors (Lipinski definition) is 2. The molecule has 0 aliphatic carbocycles. The first-order valence-corrected chi connectivity index (χ1v) is 7.75. The molecule has 0 heterocycles. The maximum Gasteiger partial charge on any atom is 0.239 e. The molecular formula is C19H21FN2O2. The fourth-order valence-corrected chi connectivity index (χ4v) is 2.33. The molecule has 5 heteroatoms. The van der Waals surface area contributed by atoms with Crippen molar-refractivity contribution in [3.63, 3.8) is 0 Å². The molecule has 0 aliphatic rings. The zero-order chi connectivity index (χ0) is 17.6. The summed E-state index contributed by atoms with van der Waals surface area (Å²) in [6.07, 6.45) is 0. The number of nitrogens with one attached hydrogen (secondary N) is 2. The summed E-state index contributed by atoms with van der Waals surface area (Å²) < 4.78 is 13.9. The smallest absolute Gasteiger partial charge is 0.239 e. The van der Waals surface area contributed by atoms with Crippen molar-refractivity contribution in [2.24, 2.45) is 0 Å².